The smallest absolute Gasteiger partial charge is 0.330 e. The van der Waals surface area contributed by atoms with E-state index in [-0.39, 0.29) is 5.91 Å². The van der Waals surface area contributed by atoms with Gasteiger partial charge in [-0.15, -0.1) is 0 Å². The number of aryl methyl sites for hydroxylation is 1. The molecule has 0 bridgehead atoms. The van der Waals surface area contributed by atoms with Crippen LogP contribution in [0.25, 0.3) is 5.69 Å². The molecule has 1 unspecified atom stereocenters. The Morgan fingerprint density at radius 1 is 0.865 bits per heavy atom. The minimum Gasteiger partial charge on any atom is -0.467 e. The molecule has 1 fully saturated rings. The first-order chi connectivity index (χ1) is 18.1. The number of carbonyl (C=O) groups excluding carboxylic acids is 2. The zero-order valence-corrected chi connectivity index (χ0v) is 21.0. The van der Waals surface area contributed by atoms with Gasteiger partial charge < -0.3 is 14.5 Å². The number of nitrogens with zero attached hydrogens (tertiary/aromatic N) is 4. The number of ether oxygens (including phenoxy) is 1. The second-order valence-electron chi connectivity index (χ2n) is 9.16. The number of methoxy groups -OCH3 is 1. The first-order valence-electron chi connectivity index (χ1n) is 12.4. The second kappa shape index (κ2) is 10.7. The third-order valence-corrected chi connectivity index (χ3v) is 6.79. The number of anilines is 1. The molecule has 0 N–H and O–H groups in total. The fraction of sp³-hybridized carbons (Fsp3) is 0.233. The van der Waals surface area contributed by atoms with Crippen molar-refractivity contribution in [2.24, 2.45) is 0 Å². The highest BCUT2D eigenvalue weighted by Gasteiger charge is 2.40. The average Bonchev–Trinajstić information content (AvgIpc) is 3.35. The Bertz CT molecular complexity index is 1320. The third-order valence-electron chi connectivity index (χ3n) is 6.79. The number of hydrogen-bond acceptors (Lipinski definition) is 5. The molecule has 3 aromatic carbocycles. The van der Waals surface area contributed by atoms with Gasteiger partial charge in [0.05, 0.1) is 31.0 Å². The Balaban J connectivity index is 1.48. The second-order valence-corrected chi connectivity index (χ2v) is 9.16. The topological polar surface area (TPSA) is 67.7 Å². The van der Waals surface area contributed by atoms with E-state index in [4.69, 9.17) is 4.74 Å². The van der Waals surface area contributed by atoms with Crippen LogP contribution >= 0.6 is 0 Å². The van der Waals surface area contributed by atoms with Crippen LogP contribution in [0.2, 0.25) is 0 Å². The maximum Gasteiger partial charge on any atom is 0.330 e. The number of aromatic nitrogens is 2. The maximum atomic E-state index is 14.1. The number of benzene rings is 3. The molecule has 4 aromatic rings. The number of para-hydroxylation sites is 1. The molecule has 188 valence electrons. The van der Waals surface area contributed by atoms with Gasteiger partial charge in [0, 0.05) is 19.2 Å². The first kappa shape index (κ1) is 24.3. The molecule has 0 saturated carbocycles. The van der Waals surface area contributed by atoms with Gasteiger partial charge in [-0.05, 0) is 30.2 Å². The summed E-state index contributed by atoms with van der Waals surface area (Å²) in [6.07, 6.45) is 0. The molecule has 1 atom stereocenters. The Labute approximate surface area is 216 Å². The van der Waals surface area contributed by atoms with Crippen molar-refractivity contribution in [3.05, 3.63) is 114 Å². The van der Waals surface area contributed by atoms with Crippen LogP contribution in [0.15, 0.2) is 97.1 Å². The van der Waals surface area contributed by atoms with Crippen LogP contribution in [0.3, 0.4) is 0 Å². The molecule has 5 rings (SSSR count). The Hall–Kier alpha value is -4.39. The van der Waals surface area contributed by atoms with Gasteiger partial charge in [0.15, 0.2) is 0 Å². The summed E-state index contributed by atoms with van der Waals surface area (Å²) in [6, 6.07) is 30.6. The molecule has 0 spiro atoms. The van der Waals surface area contributed by atoms with Gasteiger partial charge in [-0.1, -0.05) is 78.9 Å². The normalized spacial score (nSPS) is 15.6. The van der Waals surface area contributed by atoms with Crippen LogP contribution in [0.5, 0.6) is 0 Å². The van der Waals surface area contributed by atoms with E-state index in [1.54, 1.807) is 4.90 Å². The lowest BCUT2D eigenvalue weighted by Gasteiger charge is -2.42. The summed E-state index contributed by atoms with van der Waals surface area (Å²) in [5.41, 5.74) is 3.59. The number of piperazine rings is 1. The molecular weight excluding hydrogens is 464 g/mol. The largest absolute Gasteiger partial charge is 0.467 e. The number of carbonyl (C=O) groups is 2. The lowest BCUT2D eigenvalue weighted by atomic mass is 9.89. The molecule has 2 heterocycles. The highest BCUT2D eigenvalue weighted by molar-refractivity contribution is 5.91. The minimum atomic E-state index is -0.749. The lowest BCUT2D eigenvalue weighted by Crippen LogP contribution is -2.59. The van der Waals surface area contributed by atoms with Crippen LogP contribution in [0.4, 0.5) is 5.82 Å². The Kier molecular flexibility index (Phi) is 7.03. The molecule has 1 saturated heterocycles. The monoisotopic (exact) mass is 494 g/mol. The van der Waals surface area contributed by atoms with E-state index in [2.05, 4.69) is 10.00 Å². The Morgan fingerprint density at radius 3 is 2.00 bits per heavy atom. The molecule has 1 aliphatic heterocycles. The number of rotatable bonds is 6. The molecule has 37 heavy (non-hydrogen) atoms. The van der Waals surface area contributed by atoms with Gasteiger partial charge >= 0.3 is 5.97 Å². The van der Waals surface area contributed by atoms with E-state index in [1.807, 2.05) is 109 Å². The molecule has 1 amide bonds. The fourth-order valence-electron chi connectivity index (χ4n) is 5.00. The average molecular weight is 495 g/mol. The van der Waals surface area contributed by atoms with Crippen LogP contribution < -0.4 is 4.90 Å². The van der Waals surface area contributed by atoms with E-state index in [0.717, 1.165) is 28.3 Å². The van der Waals surface area contributed by atoms with Gasteiger partial charge in [-0.25, -0.2) is 9.48 Å². The van der Waals surface area contributed by atoms with Crippen molar-refractivity contribution in [3.63, 3.8) is 0 Å². The molecular formula is C30H30N4O3. The van der Waals surface area contributed by atoms with Crippen molar-refractivity contribution in [2.45, 2.75) is 18.9 Å². The van der Waals surface area contributed by atoms with Crippen LogP contribution in [-0.2, 0) is 14.3 Å². The molecule has 1 aromatic heterocycles. The molecule has 0 aliphatic carbocycles. The van der Waals surface area contributed by atoms with Crippen LogP contribution in [0, 0.1) is 6.92 Å². The number of esters is 1. The van der Waals surface area contributed by atoms with Gasteiger partial charge in [0.1, 0.15) is 11.9 Å². The Morgan fingerprint density at radius 2 is 1.43 bits per heavy atom. The summed E-state index contributed by atoms with van der Waals surface area (Å²) in [5.74, 6) is -0.175. The summed E-state index contributed by atoms with van der Waals surface area (Å²) in [5, 5.41) is 4.69. The van der Waals surface area contributed by atoms with Crippen molar-refractivity contribution >= 4 is 17.7 Å². The van der Waals surface area contributed by atoms with Gasteiger partial charge in [0.2, 0.25) is 5.91 Å². The fourth-order valence-corrected chi connectivity index (χ4v) is 5.00. The zero-order valence-electron chi connectivity index (χ0n) is 21.0. The van der Waals surface area contributed by atoms with E-state index >= 15 is 0 Å². The predicted molar refractivity (Wildman–Crippen MR) is 143 cm³/mol. The minimum absolute atomic E-state index is 0.111. The molecule has 0 radical (unpaired) electrons. The number of amides is 1. The predicted octanol–water partition coefficient (Wildman–Crippen LogP) is 4.20. The van der Waals surface area contributed by atoms with Crippen molar-refractivity contribution in [2.75, 3.05) is 31.6 Å². The quantitative estimate of drug-likeness (QED) is 0.376. The van der Waals surface area contributed by atoms with Crippen LogP contribution in [0.1, 0.15) is 22.7 Å². The highest BCUT2D eigenvalue weighted by atomic mass is 16.5. The highest BCUT2D eigenvalue weighted by Crippen LogP contribution is 2.30. The van der Waals surface area contributed by atoms with E-state index in [1.165, 1.54) is 7.11 Å². The van der Waals surface area contributed by atoms with Crippen molar-refractivity contribution in [3.8, 4) is 5.69 Å². The summed E-state index contributed by atoms with van der Waals surface area (Å²) < 4.78 is 7.07. The van der Waals surface area contributed by atoms with Gasteiger partial charge in [0.25, 0.3) is 0 Å². The summed E-state index contributed by atoms with van der Waals surface area (Å²) in [7, 11) is 1.37. The third kappa shape index (κ3) is 4.98. The summed E-state index contributed by atoms with van der Waals surface area (Å²) in [4.78, 5) is 31.0. The SMILES string of the molecule is COC(=O)C1CN(c2cc(C)nn2-c2ccccc2)CCN1C(=O)C(c1ccccc1)c1ccccc1. The van der Waals surface area contributed by atoms with E-state index in [9.17, 15) is 9.59 Å². The molecule has 1 aliphatic rings. The zero-order chi connectivity index (χ0) is 25.8. The standard InChI is InChI=1S/C30H30N4O3/c1-22-20-27(34(31-22)25-16-10-5-11-17-25)32-18-19-33(26(21-32)30(36)37-2)29(35)28(23-12-6-3-7-13-23)24-14-8-4-9-15-24/h3-17,20,26,28H,18-19,21H2,1-2H3. The van der Waals surface area contributed by atoms with Crippen LogP contribution in [-0.4, -0.2) is 59.3 Å². The molecule has 7 heteroatoms. The van der Waals surface area contributed by atoms with Crippen molar-refractivity contribution in [1.29, 1.82) is 0 Å². The maximum absolute atomic E-state index is 14.1. The van der Waals surface area contributed by atoms with Crippen molar-refractivity contribution in [1.82, 2.24) is 14.7 Å². The van der Waals surface area contributed by atoms with Gasteiger partial charge in [-0.2, -0.15) is 5.10 Å². The van der Waals surface area contributed by atoms with Crippen molar-refractivity contribution < 1.29 is 14.3 Å². The van der Waals surface area contributed by atoms with E-state index < -0.39 is 17.9 Å². The first-order valence-corrected chi connectivity index (χ1v) is 12.4. The summed E-state index contributed by atoms with van der Waals surface area (Å²) in [6.45, 7) is 3.21. The van der Waals surface area contributed by atoms with E-state index in [0.29, 0.717) is 19.6 Å². The summed E-state index contributed by atoms with van der Waals surface area (Å²) >= 11 is 0. The molecule has 7 nitrogen and oxygen atoms in total. The lowest BCUT2D eigenvalue weighted by molar-refractivity contribution is -0.153. The number of hydrogen-bond donors (Lipinski definition) is 0. The van der Waals surface area contributed by atoms with Gasteiger partial charge in [-0.3, -0.25) is 4.79 Å².